The van der Waals surface area contributed by atoms with Crippen LogP contribution in [0.5, 0.6) is 0 Å². The molecule has 2 N–H and O–H groups in total. The molecular weight excluding hydrogens is 304 g/mol. The fourth-order valence-corrected chi connectivity index (χ4v) is 3.09. The number of nitrogens with one attached hydrogen (secondary N) is 2. The number of carbonyl (C=O) groups excluding carboxylic acids is 1. The van der Waals surface area contributed by atoms with Crippen LogP contribution in [0.15, 0.2) is 36.4 Å². The number of hydrogen-bond acceptors (Lipinski definition) is 3. The lowest BCUT2D eigenvalue weighted by Crippen LogP contribution is -2.27. The number of halogens is 1. The van der Waals surface area contributed by atoms with Crippen molar-refractivity contribution in [3.05, 3.63) is 51.2 Å². The quantitative estimate of drug-likeness (QED) is 0.837. The van der Waals surface area contributed by atoms with Crippen molar-refractivity contribution in [2.45, 2.75) is 26.3 Å². The number of para-hydroxylation sites is 1. The first-order valence-electron chi connectivity index (χ1n) is 6.94. The van der Waals surface area contributed by atoms with Crippen LogP contribution < -0.4 is 10.6 Å². The molecule has 2 aromatic rings. The zero-order chi connectivity index (χ0) is 15.2. The molecule has 0 atom stereocenters. The average Bonchev–Trinajstić information content (AvgIpc) is 2.84. The molecule has 0 fully saturated rings. The first-order chi connectivity index (χ1) is 10.1. The van der Waals surface area contributed by atoms with Crippen molar-refractivity contribution < 1.29 is 4.79 Å². The van der Waals surface area contributed by atoms with Gasteiger partial charge in [0.2, 0.25) is 0 Å². The summed E-state index contributed by atoms with van der Waals surface area (Å²) in [6, 6.07) is 11.7. The van der Waals surface area contributed by atoms with Crippen LogP contribution >= 0.6 is 22.9 Å². The van der Waals surface area contributed by atoms with E-state index in [1.807, 2.05) is 36.4 Å². The lowest BCUT2D eigenvalue weighted by molar-refractivity contribution is 0.0955. The Bertz CT molecular complexity index is 610. The third-order valence-electron chi connectivity index (χ3n) is 2.90. The van der Waals surface area contributed by atoms with E-state index in [4.69, 9.17) is 11.6 Å². The van der Waals surface area contributed by atoms with E-state index < -0.39 is 0 Å². The largest absolute Gasteiger partial charge is 0.382 e. The maximum absolute atomic E-state index is 12.3. The first-order valence-corrected chi connectivity index (χ1v) is 8.13. The first kappa shape index (κ1) is 15.9. The van der Waals surface area contributed by atoms with E-state index in [1.165, 1.54) is 4.88 Å². The van der Waals surface area contributed by atoms with Crippen LogP contribution in [0.2, 0.25) is 4.34 Å². The van der Waals surface area contributed by atoms with Crippen LogP contribution in [0.1, 0.15) is 29.1 Å². The van der Waals surface area contributed by atoms with Gasteiger partial charge in [0, 0.05) is 23.2 Å². The third-order valence-corrected chi connectivity index (χ3v) is 4.19. The number of benzene rings is 1. The summed E-state index contributed by atoms with van der Waals surface area (Å²) < 4.78 is 0.780. The SMILES string of the molecule is CC(C)Nc1ccccc1C(=O)NCCc1ccc(Cl)s1. The molecule has 1 amide bonds. The Morgan fingerprint density at radius 3 is 2.67 bits per heavy atom. The van der Waals surface area contributed by atoms with Crippen molar-refractivity contribution in [2.24, 2.45) is 0 Å². The Kier molecular flexibility index (Phi) is 5.65. The average molecular weight is 323 g/mol. The monoisotopic (exact) mass is 322 g/mol. The van der Waals surface area contributed by atoms with Gasteiger partial charge in [0.1, 0.15) is 0 Å². The number of anilines is 1. The van der Waals surface area contributed by atoms with Gasteiger partial charge in [-0.3, -0.25) is 4.79 Å². The van der Waals surface area contributed by atoms with Gasteiger partial charge in [0.15, 0.2) is 0 Å². The molecule has 1 aromatic heterocycles. The van der Waals surface area contributed by atoms with E-state index in [9.17, 15) is 4.79 Å². The molecule has 0 spiro atoms. The second kappa shape index (κ2) is 7.48. The summed E-state index contributed by atoms with van der Waals surface area (Å²) in [5.41, 5.74) is 1.54. The molecule has 0 radical (unpaired) electrons. The predicted molar refractivity (Wildman–Crippen MR) is 90.6 cm³/mol. The summed E-state index contributed by atoms with van der Waals surface area (Å²) in [6.07, 6.45) is 0.795. The molecule has 112 valence electrons. The molecule has 0 unspecified atom stereocenters. The maximum Gasteiger partial charge on any atom is 0.253 e. The molecule has 0 bridgehead atoms. The van der Waals surface area contributed by atoms with Crippen LogP contribution in [0, 0.1) is 0 Å². The standard InChI is InChI=1S/C16H19ClN2OS/c1-11(2)19-14-6-4-3-5-13(14)16(20)18-10-9-12-7-8-15(17)21-12/h3-8,11,19H,9-10H2,1-2H3,(H,18,20). The molecule has 1 heterocycles. The van der Waals surface area contributed by atoms with Crippen molar-refractivity contribution in [3.8, 4) is 0 Å². The number of thiophene rings is 1. The second-order valence-corrected chi connectivity index (χ2v) is 6.86. The number of amides is 1. The zero-order valence-electron chi connectivity index (χ0n) is 12.2. The van der Waals surface area contributed by atoms with E-state index in [2.05, 4.69) is 24.5 Å². The smallest absolute Gasteiger partial charge is 0.253 e. The lowest BCUT2D eigenvalue weighted by atomic mass is 10.1. The summed E-state index contributed by atoms with van der Waals surface area (Å²) in [4.78, 5) is 13.4. The summed E-state index contributed by atoms with van der Waals surface area (Å²) in [5, 5.41) is 6.24. The summed E-state index contributed by atoms with van der Waals surface area (Å²) in [5.74, 6) is -0.0543. The highest BCUT2D eigenvalue weighted by molar-refractivity contribution is 7.16. The second-order valence-electron chi connectivity index (χ2n) is 5.06. The summed E-state index contributed by atoms with van der Waals surface area (Å²) in [7, 11) is 0. The molecule has 0 saturated carbocycles. The maximum atomic E-state index is 12.3. The number of carbonyl (C=O) groups is 1. The van der Waals surface area contributed by atoms with Gasteiger partial charge in [-0.2, -0.15) is 0 Å². The minimum atomic E-state index is -0.0543. The van der Waals surface area contributed by atoms with Gasteiger partial charge in [0.05, 0.1) is 9.90 Å². The lowest BCUT2D eigenvalue weighted by Gasteiger charge is -2.14. The van der Waals surface area contributed by atoms with E-state index in [0.717, 1.165) is 16.4 Å². The van der Waals surface area contributed by atoms with Gasteiger partial charge in [-0.1, -0.05) is 23.7 Å². The molecule has 0 aliphatic heterocycles. The van der Waals surface area contributed by atoms with Gasteiger partial charge >= 0.3 is 0 Å². The van der Waals surface area contributed by atoms with Gasteiger partial charge in [-0.25, -0.2) is 0 Å². The number of rotatable bonds is 6. The van der Waals surface area contributed by atoms with E-state index >= 15 is 0 Å². The van der Waals surface area contributed by atoms with Crippen LogP contribution in [0.3, 0.4) is 0 Å². The Hall–Kier alpha value is -1.52. The zero-order valence-corrected chi connectivity index (χ0v) is 13.7. The van der Waals surface area contributed by atoms with Crippen molar-refractivity contribution in [1.82, 2.24) is 5.32 Å². The molecule has 2 rings (SSSR count). The van der Waals surface area contributed by atoms with Gasteiger partial charge in [-0.05, 0) is 44.5 Å². The van der Waals surface area contributed by atoms with Gasteiger partial charge in [0.25, 0.3) is 5.91 Å². The van der Waals surface area contributed by atoms with E-state index in [1.54, 1.807) is 11.3 Å². The molecule has 5 heteroatoms. The highest BCUT2D eigenvalue weighted by Crippen LogP contribution is 2.21. The minimum Gasteiger partial charge on any atom is -0.382 e. The fraction of sp³-hybridized carbons (Fsp3) is 0.312. The van der Waals surface area contributed by atoms with E-state index in [-0.39, 0.29) is 11.9 Å². The van der Waals surface area contributed by atoms with Gasteiger partial charge < -0.3 is 10.6 Å². The molecular formula is C16H19ClN2OS. The molecule has 0 saturated heterocycles. The van der Waals surface area contributed by atoms with Crippen LogP contribution in [-0.4, -0.2) is 18.5 Å². The van der Waals surface area contributed by atoms with Crippen LogP contribution in [0.25, 0.3) is 0 Å². The summed E-state index contributed by atoms with van der Waals surface area (Å²) >= 11 is 7.44. The number of hydrogen-bond donors (Lipinski definition) is 2. The predicted octanol–water partition coefficient (Wildman–Crippen LogP) is 4.19. The Morgan fingerprint density at radius 2 is 2.00 bits per heavy atom. The fourth-order valence-electron chi connectivity index (χ4n) is 2.00. The van der Waals surface area contributed by atoms with E-state index in [0.29, 0.717) is 12.1 Å². The summed E-state index contributed by atoms with van der Waals surface area (Å²) in [6.45, 7) is 4.70. The normalized spacial score (nSPS) is 10.7. The molecule has 0 aliphatic carbocycles. The highest BCUT2D eigenvalue weighted by Gasteiger charge is 2.11. The van der Waals surface area contributed by atoms with Crippen LogP contribution in [-0.2, 0) is 6.42 Å². The minimum absolute atomic E-state index is 0.0543. The van der Waals surface area contributed by atoms with Crippen LogP contribution in [0.4, 0.5) is 5.69 Å². The van der Waals surface area contributed by atoms with Crippen molar-refractivity contribution in [3.63, 3.8) is 0 Å². The molecule has 21 heavy (non-hydrogen) atoms. The molecule has 0 aliphatic rings. The van der Waals surface area contributed by atoms with Crippen molar-refractivity contribution in [2.75, 3.05) is 11.9 Å². The van der Waals surface area contributed by atoms with Crippen molar-refractivity contribution >= 4 is 34.5 Å². The van der Waals surface area contributed by atoms with Crippen molar-refractivity contribution in [1.29, 1.82) is 0 Å². The molecule has 3 nitrogen and oxygen atoms in total. The Morgan fingerprint density at radius 1 is 1.24 bits per heavy atom. The highest BCUT2D eigenvalue weighted by atomic mass is 35.5. The topological polar surface area (TPSA) is 41.1 Å². The molecule has 1 aromatic carbocycles. The Balaban J connectivity index is 1.94. The third kappa shape index (κ3) is 4.76. The van der Waals surface area contributed by atoms with Gasteiger partial charge in [-0.15, -0.1) is 11.3 Å². The Labute approximate surface area is 134 Å².